The summed E-state index contributed by atoms with van der Waals surface area (Å²) < 4.78 is 92.3. The van der Waals surface area contributed by atoms with Crippen molar-refractivity contribution < 1.29 is 26.3 Å². The zero-order chi connectivity index (χ0) is 38.1. The second-order valence-electron chi connectivity index (χ2n) is 12.5. The second-order valence-corrected chi connectivity index (χ2v) is 12.5. The third-order valence-corrected chi connectivity index (χ3v) is 9.47. The number of aromatic nitrogens is 2. The van der Waals surface area contributed by atoms with Crippen LogP contribution in [0.2, 0.25) is 0 Å². The summed E-state index contributed by atoms with van der Waals surface area (Å²) in [4.78, 5) is 0. The molecule has 0 radical (unpaired) electrons. The molecule has 0 aliphatic heterocycles. The Hall–Kier alpha value is -7.54. The molecular weight excluding hydrogens is 702 g/mol. The van der Waals surface area contributed by atoms with E-state index < -0.39 is 34.6 Å². The molecule has 0 amide bonds. The fourth-order valence-corrected chi connectivity index (χ4v) is 7.15. The molecule has 12 heteroatoms. The van der Waals surface area contributed by atoms with Crippen LogP contribution in [-0.2, 0) is 12.4 Å². The largest absolute Gasteiger partial charge is 0.417 e. The summed E-state index contributed by atoms with van der Waals surface area (Å²) in [6.07, 6.45) is -10.2. The van der Waals surface area contributed by atoms with Gasteiger partial charge in [0.2, 0.25) is 0 Å². The van der Waals surface area contributed by atoms with Crippen molar-refractivity contribution in [3.8, 4) is 46.8 Å². The highest BCUT2D eigenvalue weighted by molar-refractivity contribution is 6.11. The van der Waals surface area contributed by atoms with Crippen LogP contribution < -0.4 is 0 Å². The molecule has 8 rings (SSSR count). The number of halogens is 6. The molecule has 0 aliphatic carbocycles. The Balaban J connectivity index is 1.48. The average Bonchev–Trinajstić information content (AvgIpc) is 3.67. The van der Waals surface area contributed by atoms with E-state index in [2.05, 4.69) is 0 Å². The summed E-state index contributed by atoms with van der Waals surface area (Å²) in [5.74, 6) is 0. The number of rotatable bonds is 3. The quantitative estimate of drug-likeness (QED) is 0.169. The maximum absolute atomic E-state index is 14.9. The summed E-state index contributed by atoms with van der Waals surface area (Å²) in [5, 5.41) is 41.1. The van der Waals surface area contributed by atoms with Gasteiger partial charge in [-0.3, -0.25) is 0 Å². The molecular formula is C42H18F6N6. The first-order chi connectivity index (χ1) is 25.8. The van der Waals surface area contributed by atoms with E-state index in [9.17, 15) is 47.4 Å². The van der Waals surface area contributed by atoms with Gasteiger partial charge in [0.05, 0.1) is 79.7 Å². The third kappa shape index (κ3) is 5.25. The Morgan fingerprint density at radius 1 is 0.370 bits per heavy atom. The van der Waals surface area contributed by atoms with Crippen LogP contribution in [-0.4, -0.2) is 9.13 Å². The van der Waals surface area contributed by atoms with Crippen LogP contribution >= 0.6 is 0 Å². The predicted molar refractivity (Wildman–Crippen MR) is 189 cm³/mol. The number of fused-ring (bicyclic) bond motifs is 6. The number of hydrogen-bond donors (Lipinski definition) is 0. The van der Waals surface area contributed by atoms with Crippen molar-refractivity contribution in [2.45, 2.75) is 12.4 Å². The Bertz CT molecular complexity index is 2730. The molecule has 0 atom stereocenters. The van der Waals surface area contributed by atoms with Gasteiger partial charge in [-0.2, -0.15) is 47.4 Å². The van der Waals surface area contributed by atoms with E-state index in [4.69, 9.17) is 0 Å². The van der Waals surface area contributed by atoms with E-state index in [0.717, 1.165) is 36.4 Å². The van der Waals surface area contributed by atoms with Gasteiger partial charge in [-0.15, -0.1) is 0 Å². The van der Waals surface area contributed by atoms with Gasteiger partial charge in [0, 0.05) is 32.9 Å². The SMILES string of the molecule is N#Cc1ccc2c3ccc(C#N)cc3n(-c3ccc(C(F)(F)F)c(-c4cc(-n5c6cc(C#N)ccc6c6ccc(C#N)cc65)ccc4C(F)(F)F)c3)c2c1. The van der Waals surface area contributed by atoms with Crippen LogP contribution in [0.1, 0.15) is 33.4 Å². The zero-order valence-corrected chi connectivity index (χ0v) is 27.3. The first kappa shape index (κ1) is 33.6. The van der Waals surface area contributed by atoms with Gasteiger partial charge in [-0.25, -0.2) is 0 Å². The Morgan fingerprint density at radius 3 is 0.889 bits per heavy atom. The van der Waals surface area contributed by atoms with E-state index in [1.54, 1.807) is 48.5 Å². The molecule has 6 aromatic carbocycles. The first-order valence-corrected chi connectivity index (χ1v) is 16.0. The molecule has 0 fully saturated rings. The maximum atomic E-state index is 14.9. The van der Waals surface area contributed by atoms with Gasteiger partial charge >= 0.3 is 12.4 Å². The van der Waals surface area contributed by atoms with Crippen molar-refractivity contribution in [2.75, 3.05) is 0 Å². The van der Waals surface area contributed by atoms with Gasteiger partial charge in [-0.1, -0.05) is 24.3 Å². The van der Waals surface area contributed by atoms with Crippen molar-refractivity contribution in [2.24, 2.45) is 0 Å². The number of nitrogens with zero attached hydrogens (tertiary/aromatic N) is 6. The molecule has 0 N–H and O–H groups in total. The highest BCUT2D eigenvalue weighted by Gasteiger charge is 2.39. The summed E-state index contributed by atoms with van der Waals surface area (Å²) >= 11 is 0. The van der Waals surface area contributed by atoms with Crippen LogP contribution in [0.25, 0.3) is 66.1 Å². The molecule has 2 heterocycles. The first-order valence-electron chi connectivity index (χ1n) is 16.0. The summed E-state index contributed by atoms with van der Waals surface area (Å²) in [6.45, 7) is 0. The lowest BCUT2D eigenvalue weighted by molar-refractivity contribution is -0.139. The van der Waals surface area contributed by atoms with Gasteiger partial charge < -0.3 is 9.13 Å². The van der Waals surface area contributed by atoms with Crippen molar-refractivity contribution >= 4 is 43.6 Å². The Morgan fingerprint density at radius 2 is 0.648 bits per heavy atom. The topological polar surface area (TPSA) is 105 Å². The number of alkyl halides is 6. The zero-order valence-electron chi connectivity index (χ0n) is 27.3. The van der Waals surface area contributed by atoms with Gasteiger partial charge in [0.15, 0.2) is 0 Å². The molecule has 0 unspecified atom stereocenters. The Kier molecular flexibility index (Phi) is 7.48. The average molecular weight is 721 g/mol. The molecule has 0 aliphatic rings. The summed E-state index contributed by atoms with van der Waals surface area (Å²) in [5.41, 5.74) is -1.60. The van der Waals surface area contributed by atoms with E-state index >= 15 is 0 Å². The van der Waals surface area contributed by atoms with Crippen LogP contribution in [0.5, 0.6) is 0 Å². The highest BCUT2D eigenvalue weighted by Crippen LogP contribution is 2.46. The molecule has 8 aromatic rings. The monoisotopic (exact) mass is 720 g/mol. The second kappa shape index (κ2) is 12.0. The molecule has 258 valence electrons. The van der Waals surface area contributed by atoms with E-state index in [-0.39, 0.29) is 33.6 Å². The third-order valence-electron chi connectivity index (χ3n) is 9.47. The summed E-state index contributed by atoms with van der Waals surface area (Å²) in [7, 11) is 0. The fourth-order valence-electron chi connectivity index (χ4n) is 7.15. The fraction of sp³-hybridized carbons (Fsp3) is 0.0476. The van der Waals surface area contributed by atoms with Crippen molar-refractivity contribution in [1.82, 2.24) is 9.13 Å². The molecule has 0 saturated carbocycles. The molecule has 6 nitrogen and oxygen atoms in total. The number of benzene rings is 6. The van der Waals surface area contributed by atoms with Crippen LogP contribution in [0.15, 0.2) is 109 Å². The Labute approximate surface area is 301 Å². The lowest BCUT2D eigenvalue weighted by atomic mass is 9.93. The maximum Gasteiger partial charge on any atom is 0.417 e. The molecule has 54 heavy (non-hydrogen) atoms. The lowest BCUT2D eigenvalue weighted by Crippen LogP contribution is -2.12. The smallest absolute Gasteiger partial charge is 0.309 e. The van der Waals surface area contributed by atoms with E-state index in [1.165, 1.54) is 33.4 Å². The minimum absolute atomic E-state index is 0.0518. The normalized spacial score (nSPS) is 11.8. The van der Waals surface area contributed by atoms with E-state index in [0.29, 0.717) is 43.6 Å². The highest BCUT2D eigenvalue weighted by atomic mass is 19.4. The van der Waals surface area contributed by atoms with Crippen molar-refractivity contribution in [1.29, 1.82) is 21.0 Å². The van der Waals surface area contributed by atoms with E-state index in [1.807, 2.05) is 24.3 Å². The standard InChI is InChI=1S/C42H18F6N6/c43-41(44,45)35-11-5-27(53-37-13-23(19-49)1-7-29(37)30-8-2-24(20-50)14-38(30)53)17-33(35)34-18-28(6-12-36(34)42(46,47)48)54-39-15-25(21-51)3-9-31(39)32-10-4-26(22-52)16-40(32)54/h1-18H. The minimum Gasteiger partial charge on any atom is -0.309 e. The van der Waals surface area contributed by atoms with Crippen LogP contribution in [0, 0.1) is 45.3 Å². The molecule has 2 aromatic heterocycles. The number of hydrogen-bond acceptors (Lipinski definition) is 4. The van der Waals surface area contributed by atoms with Gasteiger partial charge in [0.1, 0.15) is 0 Å². The minimum atomic E-state index is -5.09. The molecule has 0 saturated heterocycles. The van der Waals surface area contributed by atoms with Crippen LogP contribution in [0.3, 0.4) is 0 Å². The lowest BCUT2D eigenvalue weighted by Gasteiger charge is -2.21. The van der Waals surface area contributed by atoms with Crippen molar-refractivity contribution in [3.63, 3.8) is 0 Å². The van der Waals surface area contributed by atoms with Gasteiger partial charge in [0.25, 0.3) is 0 Å². The number of nitriles is 4. The van der Waals surface area contributed by atoms with Gasteiger partial charge in [-0.05, 0) is 96.1 Å². The van der Waals surface area contributed by atoms with Crippen LogP contribution in [0.4, 0.5) is 26.3 Å². The predicted octanol–water partition coefficient (Wildman–Crippen LogP) is 11.1. The van der Waals surface area contributed by atoms with Crippen molar-refractivity contribution in [3.05, 3.63) is 143 Å². The molecule has 0 spiro atoms. The summed E-state index contributed by atoms with van der Waals surface area (Å²) in [6, 6.07) is 32.9. The molecule has 0 bridgehead atoms.